The maximum atomic E-state index is 12.3. The van der Waals surface area contributed by atoms with E-state index < -0.39 is 0 Å². The molecule has 3 heterocycles. The number of amides is 1. The van der Waals surface area contributed by atoms with Gasteiger partial charge in [0.05, 0.1) is 6.10 Å². The van der Waals surface area contributed by atoms with Gasteiger partial charge in [0.15, 0.2) is 0 Å². The Morgan fingerprint density at radius 1 is 1.15 bits per heavy atom. The van der Waals surface area contributed by atoms with Crippen molar-refractivity contribution in [1.82, 2.24) is 19.8 Å². The second-order valence-corrected chi connectivity index (χ2v) is 8.13. The number of piperidine rings is 1. The summed E-state index contributed by atoms with van der Waals surface area (Å²) in [6, 6.07) is 1.70. The SMILES string of the molecule is Nc1cc(NC[C@@H]2CN(CC3CCN(CC4CC4)CC3)C(=O)CO2)ncn1. The molecule has 2 aliphatic heterocycles. The summed E-state index contributed by atoms with van der Waals surface area (Å²) in [5.74, 6) is 2.79. The minimum Gasteiger partial charge on any atom is -0.384 e. The topological polar surface area (TPSA) is 96.6 Å². The van der Waals surface area contributed by atoms with Crippen LogP contribution in [0.1, 0.15) is 25.7 Å². The van der Waals surface area contributed by atoms with Crippen molar-refractivity contribution in [2.45, 2.75) is 31.8 Å². The number of nitrogen functional groups attached to an aromatic ring is 1. The summed E-state index contributed by atoms with van der Waals surface area (Å²) in [7, 11) is 0. The predicted molar refractivity (Wildman–Crippen MR) is 103 cm³/mol. The summed E-state index contributed by atoms with van der Waals surface area (Å²) in [5.41, 5.74) is 5.67. The lowest BCUT2D eigenvalue weighted by Gasteiger charge is -2.38. The summed E-state index contributed by atoms with van der Waals surface area (Å²) in [4.78, 5) is 24.9. The summed E-state index contributed by atoms with van der Waals surface area (Å²) in [6.45, 7) is 5.90. The molecular formula is C19H30N6O2. The highest BCUT2D eigenvalue weighted by Crippen LogP contribution is 2.31. The minimum atomic E-state index is -0.0335. The van der Waals surface area contributed by atoms with Gasteiger partial charge < -0.3 is 25.6 Å². The summed E-state index contributed by atoms with van der Waals surface area (Å²) in [6.07, 6.45) is 6.62. The number of nitrogens with one attached hydrogen (secondary N) is 1. The van der Waals surface area contributed by atoms with E-state index in [-0.39, 0.29) is 18.6 Å². The third-order valence-corrected chi connectivity index (χ3v) is 5.82. The molecule has 2 saturated heterocycles. The second-order valence-electron chi connectivity index (χ2n) is 8.13. The highest BCUT2D eigenvalue weighted by molar-refractivity contribution is 5.78. The standard InChI is InChI=1S/C19H30N6O2/c20-17-7-18(23-13-22-17)21-8-16-11-25(19(26)12-27-16)10-15-3-5-24(6-4-15)9-14-1-2-14/h7,13-16H,1-6,8-12H2,(H3,20,21,22,23)/t16-/m1/s1. The fourth-order valence-electron chi connectivity index (χ4n) is 4.00. The lowest BCUT2D eigenvalue weighted by Crippen LogP contribution is -2.51. The molecule has 0 aromatic carbocycles. The van der Waals surface area contributed by atoms with E-state index in [1.165, 1.54) is 51.6 Å². The average molecular weight is 374 g/mol. The Hall–Kier alpha value is -1.93. The van der Waals surface area contributed by atoms with Gasteiger partial charge in [0, 0.05) is 32.2 Å². The van der Waals surface area contributed by atoms with Crippen LogP contribution in [0.15, 0.2) is 12.4 Å². The molecule has 0 spiro atoms. The van der Waals surface area contributed by atoms with Crippen LogP contribution in [0.2, 0.25) is 0 Å². The minimum absolute atomic E-state index is 0.0335. The number of nitrogens with zero attached hydrogens (tertiary/aromatic N) is 4. The van der Waals surface area contributed by atoms with Gasteiger partial charge in [-0.3, -0.25) is 4.79 Å². The van der Waals surface area contributed by atoms with Gasteiger partial charge in [-0.2, -0.15) is 0 Å². The van der Waals surface area contributed by atoms with Gasteiger partial charge >= 0.3 is 0 Å². The largest absolute Gasteiger partial charge is 0.384 e. The van der Waals surface area contributed by atoms with Crippen LogP contribution >= 0.6 is 0 Å². The number of aromatic nitrogens is 2. The van der Waals surface area contributed by atoms with Gasteiger partial charge in [-0.15, -0.1) is 0 Å². The second kappa shape index (κ2) is 8.39. The molecule has 1 saturated carbocycles. The van der Waals surface area contributed by atoms with Crippen molar-refractivity contribution >= 4 is 17.5 Å². The number of ether oxygens (including phenoxy) is 1. The van der Waals surface area contributed by atoms with Crippen molar-refractivity contribution in [3.63, 3.8) is 0 Å². The van der Waals surface area contributed by atoms with Crippen molar-refractivity contribution in [3.8, 4) is 0 Å². The Kier molecular flexibility index (Phi) is 5.73. The number of morpholine rings is 1. The number of hydrogen-bond donors (Lipinski definition) is 2. The first kappa shape index (κ1) is 18.4. The van der Waals surface area contributed by atoms with E-state index in [9.17, 15) is 4.79 Å². The molecule has 1 aromatic rings. The summed E-state index contributed by atoms with van der Waals surface area (Å²) < 4.78 is 5.69. The lowest BCUT2D eigenvalue weighted by atomic mass is 9.95. The third-order valence-electron chi connectivity index (χ3n) is 5.82. The van der Waals surface area contributed by atoms with Crippen molar-refractivity contribution in [1.29, 1.82) is 0 Å². The fraction of sp³-hybridized carbons (Fsp3) is 0.737. The van der Waals surface area contributed by atoms with Gasteiger partial charge in [-0.05, 0) is 50.6 Å². The van der Waals surface area contributed by atoms with Crippen molar-refractivity contribution in [3.05, 3.63) is 12.4 Å². The number of nitrogens with two attached hydrogens (primary N) is 1. The molecule has 4 rings (SSSR count). The Bertz CT molecular complexity index is 645. The van der Waals surface area contributed by atoms with Gasteiger partial charge in [-0.25, -0.2) is 9.97 Å². The molecule has 1 atom stereocenters. The first-order valence-electron chi connectivity index (χ1n) is 10.1. The summed E-state index contributed by atoms with van der Waals surface area (Å²) >= 11 is 0. The van der Waals surface area contributed by atoms with E-state index in [1.54, 1.807) is 6.07 Å². The van der Waals surface area contributed by atoms with Crippen LogP contribution in [0, 0.1) is 11.8 Å². The van der Waals surface area contributed by atoms with Crippen LogP contribution in [-0.4, -0.2) is 77.7 Å². The normalized spacial score (nSPS) is 25.0. The molecule has 0 bridgehead atoms. The zero-order valence-electron chi connectivity index (χ0n) is 15.8. The maximum Gasteiger partial charge on any atom is 0.248 e. The molecule has 8 heteroatoms. The van der Waals surface area contributed by atoms with Crippen LogP contribution in [-0.2, 0) is 9.53 Å². The van der Waals surface area contributed by atoms with Crippen LogP contribution in [0.5, 0.6) is 0 Å². The Morgan fingerprint density at radius 3 is 2.67 bits per heavy atom. The van der Waals surface area contributed by atoms with E-state index in [1.807, 2.05) is 4.90 Å². The van der Waals surface area contributed by atoms with Gasteiger partial charge in [0.1, 0.15) is 24.6 Å². The highest BCUT2D eigenvalue weighted by atomic mass is 16.5. The predicted octanol–water partition coefficient (Wildman–Crippen LogP) is 0.820. The molecule has 0 radical (unpaired) electrons. The molecule has 0 unspecified atom stereocenters. The van der Waals surface area contributed by atoms with E-state index >= 15 is 0 Å². The van der Waals surface area contributed by atoms with Gasteiger partial charge in [0.2, 0.25) is 5.91 Å². The van der Waals surface area contributed by atoms with Gasteiger partial charge in [-0.1, -0.05) is 0 Å². The number of carbonyl (C=O) groups is 1. The van der Waals surface area contributed by atoms with E-state index in [2.05, 4.69) is 20.2 Å². The smallest absolute Gasteiger partial charge is 0.248 e. The first-order valence-corrected chi connectivity index (χ1v) is 10.1. The maximum absolute atomic E-state index is 12.3. The van der Waals surface area contributed by atoms with Crippen LogP contribution in [0.4, 0.5) is 11.6 Å². The number of hydrogen-bond acceptors (Lipinski definition) is 7. The van der Waals surface area contributed by atoms with Gasteiger partial charge in [0.25, 0.3) is 0 Å². The van der Waals surface area contributed by atoms with Crippen LogP contribution in [0.25, 0.3) is 0 Å². The zero-order chi connectivity index (χ0) is 18.6. The third kappa shape index (κ3) is 5.29. The van der Waals surface area contributed by atoms with Crippen molar-refractivity contribution in [2.75, 3.05) is 56.9 Å². The molecule has 148 valence electrons. The molecule has 3 fully saturated rings. The monoisotopic (exact) mass is 374 g/mol. The lowest BCUT2D eigenvalue weighted by molar-refractivity contribution is -0.149. The van der Waals surface area contributed by atoms with Crippen molar-refractivity contribution in [2.24, 2.45) is 11.8 Å². The zero-order valence-corrected chi connectivity index (χ0v) is 15.8. The first-order chi connectivity index (χ1) is 13.2. The molecule has 1 aliphatic carbocycles. The highest BCUT2D eigenvalue weighted by Gasteiger charge is 2.31. The quantitative estimate of drug-likeness (QED) is 0.729. The van der Waals surface area contributed by atoms with Crippen LogP contribution in [0.3, 0.4) is 0 Å². The molecule has 3 N–H and O–H groups in total. The van der Waals surface area contributed by atoms with E-state index in [0.29, 0.717) is 30.6 Å². The summed E-state index contributed by atoms with van der Waals surface area (Å²) in [5, 5.41) is 3.22. The molecule has 1 aromatic heterocycles. The number of anilines is 2. The molecule has 27 heavy (non-hydrogen) atoms. The Morgan fingerprint density at radius 2 is 1.93 bits per heavy atom. The van der Waals surface area contributed by atoms with E-state index in [0.717, 1.165) is 12.5 Å². The van der Waals surface area contributed by atoms with Crippen LogP contribution < -0.4 is 11.1 Å². The molecule has 3 aliphatic rings. The number of rotatable bonds is 7. The Labute approximate surface area is 160 Å². The average Bonchev–Trinajstić information content (AvgIpc) is 3.48. The Balaban J connectivity index is 1.22. The fourth-order valence-corrected chi connectivity index (χ4v) is 4.00. The molecule has 1 amide bonds. The molecule has 8 nitrogen and oxygen atoms in total. The number of carbonyl (C=O) groups excluding carboxylic acids is 1. The van der Waals surface area contributed by atoms with Crippen molar-refractivity contribution < 1.29 is 9.53 Å². The number of likely N-dealkylation sites (tertiary alicyclic amines) is 1. The van der Waals surface area contributed by atoms with E-state index in [4.69, 9.17) is 10.5 Å². The molecular weight excluding hydrogens is 344 g/mol.